The van der Waals surface area contributed by atoms with E-state index in [-0.39, 0.29) is 5.97 Å². The summed E-state index contributed by atoms with van der Waals surface area (Å²) in [5.41, 5.74) is 4.25. The van der Waals surface area contributed by atoms with Crippen molar-refractivity contribution in [2.24, 2.45) is 0 Å². The van der Waals surface area contributed by atoms with Crippen LogP contribution in [0.3, 0.4) is 0 Å². The number of hydrogen-bond acceptors (Lipinski definition) is 3. The molecule has 0 spiro atoms. The Labute approximate surface area is 123 Å². The molecule has 0 bridgehead atoms. The lowest BCUT2D eigenvalue weighted by atomic mass is 10.1. The van der Waals surface area contributed by atoms with Crippen molar-refractivity contribution in [2.75, 3.05) is 6.61 Å². The number of aryl methyl sites for hydroxylation is 1. The first-order valence-electron chi connectivity index (χ1n) is 6.91. The number of carbonyl (C=O) groups is 1. The van der Waals surface area contributed by atoms with Gasteiger partial charge in [-0.1, -0.05) is 30.3 Å². The molecule has 0 saturated heterocycles. The molecule has 3 rings (SSSR count). The van der Waals surface area contributed by atoms with Gasteiger partial charge in [0.25, 0.3) is 0 Å². The van der Waals surface area contributed by atoms with Gasteiger partial charge in [-0.25, -0.2) is 9.31 Å². The van der Waals surface area contributed by atoms with Crippen LogP contribution in [-0.4, -0.2) is 22.2 Å². The first-order valence-corrected chi connectivity index (χ1v) is 6.91. The maximum absolute atomic E-state index is 11.9. The second-order valence-electron chi connectivity index (χ2n) is 4.86. The van der Waals surface area contributed by atoms with Crippen molar-refractivity contribution < 1.29 is 9.53 Å². The lowest BCUT2D eigenvalue weighted by Crippen LogP contribution is -2.07. The number of rotatable bonds is 3. The van der Waals surface area contributed by atoms with Crippen molar-refractivity contribution in [1.29, 1.82) is 0 Å². The van der Waals surface area contributed by atoms with Gasteiger partial charge in [-0.05, 0) is 31.5 Å². The first kappa shape index (κ1) is 13.4. The summed E-state index contributed by atoms with van der Waals surface area (Å²) in [6.07, 6.45) is 1.86. The Bertz CT molecular complexity index is 791. The molecule has 106 valence electrons. The minimum Gasteiger partial charge on any atom is -0.462 e. The van der Waals surface area contributed by atoms with Gasteiger partial charge >= 0.3 is 5.97 Å². The smallest absolute Gasteiger partial charge is 0.338 e. The Kier molecular flexibility index (Phi) is 3.44. The van der Waals surface area contributed by atoms with E-state index in [1.807, 2.05) is 55.6 Å². The molecule has 4 nitrogen and oxygen atoms in total. The molecule has 0 unspecified atom stereocenters. The molecule has 1 aromatic carbocycles. The van der Waals surface area contributed by atoms with Crippen LogP contribution >= 0.6 is 0 Å². The highest BCUT2D eigenvalue weighted by atomic mass is 16.5. The van der Waals surface area contributed by atoms with Crippen molar-refractivity contribution in [2.45, 2.75) is 13.8 Å². The van der Waals surface area contributed by atoms with E-state index in [0.717, 1.165) is 22.3 Å². The number of pyridine rings is 1. The van der Waals surface area contributed by atoms with Gasteiger partial charge in [-0.2, -0.15) is 5.10 Å². The van der Waals surface area contributed by atoms with Crippen LogP contribution in [0.25, 0.3) is 16.8 Å². The van der Waals surface area contributed by atoms with Crippen LogP contribution in [-0.2, 0) is 4.74 Å². The highest BCUT2D eigenvalue weighted by molar-refractivity contribution is 5.92. The van der Waals surface area contributed by atoms with Gasteiger partial charge in [0.2, 0.25) is 0 Å². The largest absolute Gasteiger partial charge is 0.462 e. The van der Waals surface area contributed by atoms with Crippen molar-refractivity contribution in [3.05, 3.63) is 59.8 Å². The van der Waals surface area contributed by atoms with Crippen LogP contribution in [0, 0.1) is 6.92 Å². The number of hydrogen-bond donors (Lipinski definition) is 0. The van der Waals surface area contributed by atoms with E-state index in [2.05, 4.69) is 5.10 Å². The van der Waals surface area contributed by atoms with E-state index in [0.29, 0.717) is 12.2 Å². The van der Waals surface area contributed by atoms with Crippen molar-refractivity contribution in [3.8, 4) is 11.3 Å². The predicted molar refractivity (Wildman–Crippen MR) is 81.3 cm³/mol. The fraction of sp³-hybridized carbons (Fsp3) is 0.176. The molecule has 0 radical (unpaired) electrons. The maximum atomic E-state index is 11.9. The van der Waals surface area contributed by atoms with E-state index in [1.54, 1.807) is 11.4 Å². The van der Waals surface area contributed by atoms with Gasteiger partial charge in [-0.3, -0.25) is 0 Å². The Hall–Kier alpha value is -2.62. The molecule has 3 aromatic rings. The minimum absolute atomic E-state index is 0.292. The third-order valence-electron chi connectivity index (χ3n) is 3.36. The highest BCUT2D eigenvalue weighted by Gasteiger charge is 2.13. The number of benzene rings is 1. The predicted octanol–water partition coefficient (Wildman–Crippen LogP) is 3.49. The van der Waals surface area contributed by atoms with Crippen LogP contribution < -0.4 is 0 Å². The molecule has 21 heavy (non-hydrogen) atoms. The number of aromatic nitrogens is 2. The van der Waals surface area contributed by atoms with Crippen molar-refractivity contribution in [3.63, 3.8) is 0 Å². The Morgan fingerprint density at radius 3 is 2.71 bits per heavy atom. The Morgan fingerprint density at radius 1 is 1.24 bits per heavy atom. The van der Waals surface area contributed by atoms with Gasteiger partial charge in [0.05, 0.1) is 23.4 Å². The summed E-state index contributed by atoms with van der Waals surface area (Å²) in [6, 6.07) is 13.8. The molecule has 2 aromatic heterocycles. The molecule has 0 N–H and O–H groups in total. The van der Waals surface area contributed by atoms with Gasteiger partial charge in [-0.15, -0.1) is 0 Å². The zero-order valence-corrected chi connectivity index (χ0v) is 12.0. The standard InChI is InChI=1S/C17H16N2O2/c1-3-21-17(20)15-9-14-10-16(13-7-5-4-6-8-13)18-19(14)11-12(15)2/h4-11H,3H2,1-2H3. The fourth-order valence-electron chi connectivity index (χ4n) is 2.31. The van der Waals surface area contributed by atoms with Gasteiger partial charge in [0.1, 0.15) is 0 Å². The highest BCUT2D eigenvalue weighted by Crippen LogP contribution is 2.21. The van der Waals surface area contributed by atoms with Crippen LogP contribution in [0.2, 0.25) is 0 Å². The van der Waals surface area contributed by atoms with Gasteiger partial charge < -0.3 is 4.74 Å². The van der Waals surface area contributed by atoms with Gasteiger partial charge in [0.15, 0.2) is 0 Å². The number of ether oxygens (including phenoxy) is 1. The Balaban J connectivity index is 2.08. The molecule has 0 aliphatic rings. The third-order valence-corrected chi connectivity index (χ3v) is 3.36. The van der Waals surface area contributed by atoms with Crippen LogP contribution in [0.5, 0.6) is 0 Å². The molecule has 0 aliphatic carbocycles. The van der Waals surface area contributed by atoms with E-state index < -0.39 is 0 Å². The first-order chi connectivity index (χ1) is 10.2. The molecule has 0 fully saturated rings. The SMILES string of the molecule is CCOC(=O)c1cc2cc(-c3ccccc3)nn2cc1C. The molecular formula is C17H16N2O2. The molecule has 0 aliphatic heterocycles. The van der Waals surface area contributed by atoms with E-state index in [4.69, 9.17) is 4.74 Å². The van der Waals surface area contributed by atoms with Crippen LogP contribution in [0.15, 0.2) is 48.7 Å². The molecular weight excluding hydrogens is 264 g/mol. The normalized spacial score (nSPS) is 10.8. The van der Waals surface area contributed by atoms with Gasteiger partial charge in [0, 0.05) is 11.8 Å². The molecule has 2 heterocycles. The lowest BCUT2D eigenvalue weighted by Gasteiger charge is -2.05. The second-order valence-corrected chi connectivity index (χ2v) is 4.86. The van der Waals surface area contributed by atoms with E-state index in [1.165, 1.54) is 0 Å². The van der Waals surface area contributed by atoms with Crippen LogP contribution in [0.4, 0.5) is 0 Å². The summed E-state index contributed by atoms with van der Waals surface area (Å²) >= 11 is 0. The molecule has 0 amide bonds. The Morgan fingerprint density at radius 2 is 2.00 bits per heavy atom. The molecule has 4 heteroatoms. The quantitative estimate of drug-likeness (QED) is 0.690. The number of carbonyl (C=O) groups excluding carboxylic acids is 1. The average Bonchev–Trinajstić information content (AvgIpc) is 2.90. The summed E-state index contributed by atoms with van der Waals surface area (Å²) in [4.78, 5) is 11.9. The molecule has 0 atom stereocenters. The lowest BCUT2D eigenvalue weighted by molar-refractivity contribution is 0.0525. The number of fused-ring (bicyclic) bond motifs is 1. The van der Waals surface area contributed by atoms with E-state index in [9.17, 15) is 4.79 Å². The number of esters is 1. The number of nitrogens with zero attached hydrogens (tertiary/aromatic N) is 2. The van der Waals surface area contributed by atoms with E-state index >= 15 is 0 Å². The topological polar surface area (TPSA) is 43.6 Å². The summed E-state index contributed by atoms with van der Waals surface area (Å²) < 4.78 is 6.87. The fourth-order valence-corrected chi connectivity index (χ4v) is 2.31. The zero-order valence-electron chi connectivity index (χ0n) is 12.0. The minimum atomic E-state index is -0.292. The van der Waals surface area contributed by atoms with Crippen molar-refractivity contribution in [1.82, 2.24) is 9.61 Å². The van der Waals surface area contributed by atoms with Crippen molar-refractivity contribution >= 4 is 11.5 Å². The summed E-state index contributed by atoms with van der Waals surface area (Å²) in [7, 11) is 0. The second kappa shape index (κ2) is 5.40. The third kappa shape index (κ3) is 2.52. The summed E-state index contributed by atoms with van der Waals surface area (Å²) in [6.45, 7) is 4.06. The zero-order chi connectivity index (χ0) is 14.8. The van der Waals surface area contributed by atoms with Crippen LogP contribution in [0.1, 0.15) is 22.8 Å². The maximum Gasteiger partial charge on any atom is 0.338 e. The summed E-state index contributed by atoms with van der Waals surface area (Å²) in [5, 5.41) is 4.55. The summed E-state index contributed by atoms with van der Waals surface area (Å²) in [5.74, 6) is -0.292. The monoisotopic (exact) mass is 280 g/mol. The average molecular weight is 280 g/mol. The molecule has 0 saturated carbocycles.